The molecule has 1 aliphatic rings. The van der Waals surface area contributed by atoms with Crippen LogP contribution in [-0.4, -0.2) is 49.3 Å². The molecule has 0 spiro atoms. The molecule has 16 heavy (non-hydrogen) atoms. The number of nitrogens with zero attached hydrogens (tertiary/aromatic N) is 2. The van der Waals surface area contributed by atoms with Crippen molar-refractivity contribution < 1.29 is 9.15 Å². The fourth-order valence-electron chi connectivity index (χ4n) is 1.80. The van der Waals surface area contributed by atoms with Crippen LogP contribution in [-0.2, 0) is 17.6 Å². The minimum atomic E-state index is 0.620. The van der Waals surface area contributed by atoms with Gasteiger partial charge in [0.15, 0.2) is 5.89 Å². The van der Waals surface area contributed by atoms with Crippen molar-refractivity contribution in [1.29, 1.82) is 0 Å². The number of morpholine rings is 1. The van der Waals surface area contributed by atoms with Crippen LogP contribution < -0.4 is 5.73 Å². The Kier molecular flexibility index (Phi) is 4.33. The van der Waals surface area contributed by atoms with Gasteiger partial charge in [0.2, 0.25) is 0 Å². The van der Waals surface area contributed by atoms with E-state index in [4.69, 9.17) is 14.9 Å². The number of nitrogens with two attached hydrogens (primary N) is 1. The van der Waals surface area contributed by atoms with E-state index in [1.165, 1.54) is 0 Å². The minimum absolute atomic E-state index is 0.620. The van der Waals surface area contributed by atoms with E-state index in [-0.39, 0.29) is 0 Å². The second kappa shape index (κ2) is 5.98. The molecule has 1 saturated heterocycles. The molecule has 0 radical (unpaired) electrons. The van der Waals surface area contributed by atoms with Crippen LogP contribution in [0.3, 0.4) is 0 Å². The zero-order valence-corrected chi connectivity index (χ0v) is 9.52. The van der Waals surface area contributed by atoms with Crippen LogP contribution in [0.15, 0.2) is 10.7 Å². The summed E-state index contributed by atoms with van der Waals surface area (Å²) in [7, 11) is 0. The van der Waals surface area contributed by atoms with Gasteiger partial charge in [-0.15, -0.1) is 0 Å². The molecular formula is C11H19N3O2. The molecule has 2 heterocycles. The molecule has 1 aromatic heterocycles. The average Bonchev–Trinajstić information content (AvgIpc) is 2.76. The van der Waals surface area contributed by atoms with E-state index in [1.807, 2.05) is 0 Å². The molecule has 0 amide bonds. The molecule has 1 aliphatic heterocycles. The van der Waals surface area contributed by atoms with Crippen LogP contribution in [0.25, 0.3) is 0 Å². The Labute approximate surface area is 95.6 Å². The van der Waals surface area contributed by atoms with Gasteiger partial charge in [0, 0.05) is 32.5 Å². The van der Waals surface area contributed by atoms with Crippen LogP contribution in [0.5, 0.6) is 0 Å². The third-order valence-corrected chi connectivity index (χ3v) is 2.75. The standard InChI is InChI=1S/C11H19N3O2/c12-3-1-10-9-16-11(13-10)2-4-14-5-7-15-8-6-14/h9H,1-8,12H2. The Bertz CT molecular complexity index is 308. The van der Waals surface area contributed by atoms with Gasteiger partial charge in [-0.05, 0) is 6.54 Å². The summed E-state index contributed by atoms with van der Waals surface area (Å²) >= 11 is 0. The Morgan fingerprint density at radius 1 is 1.31 bits per heavy atom. The van der Waals surface area contributed by atoms with Gasteiger partial charge in [-0.1, -0.05) is 0 Å². The molecule has 2 N–H and O–H groups in total. The molecule has 5 nitrogen and oxygen atoms in total. The fraction of sp³-hybridized carbons (Fsp3) is 0.727. The highest BCUT2D eigenvalue weighted by molar-refractivity contribution is 4.97. The lowest BCUT2D eigenvalue weighted by Crippen LogP contribution is -2.37. The van der Waals surface area contributed by atoms with Crippen LogP contribution in [0.2, 0.25) is 0 Å². The summed E-state index contributed by atoms with van der Waals surface area (Å²) in [6, 6.07) is 0. The summed E-state index contributed by atoms with van der Waals surface area (Å²) in [5, 5.41) is 0. The highest BCUT2D eigenvalue weighted by Crippen LogP contribution is 2.05. The molecule has 0 saturated carbocycles. The van der Waals surface area contributed by atoms with Crippen molar-refractivity contribution in [1.82, 2.24) is 9.88 Å². The van der Waals surface area contributed by atoms with Crippen LogP contribution in [0.4, 0.5) is 0 Å². The van der Waals surface area contributed by atoms with Crippen molar-refractivity contribution in [2.45, 2.75) is 12.8 Å². The van der Waals surface area contributed by atoms with Crippen molar-refractivity contribution in [2.24, 2.45) is 5.73 Å². The average molecular weight is 225 g/mol. The van der Waals surface area contributed by atoms with Gasteiger partial charge < -0.3 is 14.9 Å². The van der Waals surface area contributed by atoms with Gasteiger partial charge in [0.25, 0.3) is 0 Å². The number of hydrogen-bond acceptors (Lipinski definition) is 5. The maximum absolute atomic E-state index is 5.46. The minimum Gasteiger partial charge on any atom is -0.449 e. The molecular weight excluding hydrogens is 206 g/mol. The quantitative estimate of drug-likeness (QED) is 0.767. The van der Waals surface area contributed by atoms with Crippen molar-refractivity contribution in [3.8, 4) is 0 Å². The lowest BCUT2D eigenvalue weighted by molar-refractivity contribution is 0.0377. The third-order valence-electron chi connectivity index (χ3n) is 2.75. The van der Waals surface area contributed by atoms with E-state index in [9.17, 15) is 0 Å². The van der Waals surface area contributed by atoms with E-state index < -0.39 is 0 Å². The number of aromatic nitrogens is 1. The zero-order valence-electron chi connectivity index (χ0n) is 9.52. The number of ether oxygens (including phenoxy) is 1. The molecule has 0 unspecified atom stereocenters. The largest absolute Gasteiger partial charge is 0.449 e. The van der Waals surface area contributed by atoms with E-state index in [0.717, 1.165) is 57.3 Å². The molecule has 2 rings (SSSR count). The summed E-state index contributed by atoms with van der Waals surface area (Å²) in [5.74, 6) is 0.815. The summed E-state index contributed by atoms with van der Waals surface area (Å²) in [5.41, 5.74) is 6.41. The second-order valence-corrected chi connectivity index (χ2v) is 3.98. The highest BCUT2D eigenvalue weighted by atomic mass is 16.5. The normalized spacial score (nSPS) is 17.8. The molecule has 1 aromatic rings. The van der Waals surface area contributed by atoms with Crippen molar-refractivity contribution in [2.75, 3.05) is 39.4 Å². The summed E-state index contributed by atoms with van der Waals surface area (Å²) in [4.78, 5) is 6.75. The maximum Gasteiger partial charge on any atom is 0.195 e. The van der Waals surface area contributed by atoms with Gasteiger partial charge in [0.05, 0.1) is 18.9 Å². The molecule has 0 aromatic carbocycles. The van der Waals surface area contributed by atoms with Crippen molar-refractivity contribution in [3.05, 3.63) is 17.8 Å². The Morgan fingerprint density at radius 3 is 2.88 bits per heavy atom. The molecule has 1 fully saturated rings. The van der Waals surface area contributed by atoms with Gasteiger partial charge >= 0.3 is 0 Å². The van der Waals surface area contributed by atoms with E-state index in [0.29, 0.717) is 6.54 Å². The van der Waals surface area contributed by atoms with E-state index in [2.05, 4.69) is 9.88 Å². The molecule has 90 valence electrons. The maximum atomic E-state index is 5.46. The molecule has 5 heteroatoms. The van der Waals surface area contributed by atoms with E-state index >= 15 is 0 Å². The highest BCUT2D eigenvalue weighted by Gasteiger charge is 2.11. The lowest BCUT2D eigenvalue weighted by Gasteiger charge is -2.25. The first kappa shape index (κ1) is 11.6. The summed E-state index contributed by atoms with van der Waals surface area (Å²) in [6.07, 6.45) is 3.37. The monoisotopic (exact) mass is 225 g/mol. The first-order chi connectivity index (χ1) is 7.88. The molecule has 0 aliphatic carbocycles. The van der Waals surface area contributed by atoms with Crippen LogP contribution in [0.1, 0.15) is 11.6 Å². The SMILES string of the molecule is NCCc1coc(CCN2CCOCC2)n1. The Morgan fingerprint density at radius 2 is 2.12 bits per heavy atom. The summed E-state index contributed by atoms with van der Waals surface area (Å²) < 4.78 is 10.7. The predicted octanol–water partition coefficient (Wildman–Crippen LogP) is 0.0505. The van der Waals surface area contributed by atoms with Gasteiger partial charge in [-0.2, -0.15) is 0 Å². The smallest absolute Gasteiger partial charge is 0.195 e. The second-order valence-electron chi connectivity index (χ2n) is 3.98. The van der Waals surface area contributed by atoms with Crippen molar-refractivity contribution in [3.63, 3.8) is 0 Å². The Balaban J connectivity index is 1.75. The topological polar surface area (TPSA) is 64.5 Å². The van der Waals surface area contributed by atoms with Crippen LogP contribution >= 0.6 is 0 Å². The number of rotatable bonds is 5. The fourth-order valence-corrected chi connectivity index (χ4v) is 1.80. The summed E-state index contributed by atoms with van der Waals surface area (Å²) in [6.45, 7) is 5.31. The van der Waals surface area contributed by atoms with E-state index in [1.54, 1.807) is 6.26 Å². The molecule has 0 bridgehead atoms. The number of oxazole rings is 1. The molecule has 0 atom stereocenters. The zero-order chi connectivity index (χ0) is 11.2. The third kappa shape index (κ3) is 3.30. The van der Waals surface area contributed by atoms with Gasteiger partial charge in [-0.25, -0.2) is 4.98 Å². The lowest BCUT2D eigenvalue weighted by atomic mass is 10.3. The van der Waals surface area contributed by atoms with Crippen LogP contribution in [0, 0.1) is 0 Å². The Hall–Kier alpha value is -0.910. The first-order valence-corrected chi connectivity index (χ1v) is 5.82. The predicted molar refractivity (Wildman–Crippen MR) is 60.2 cm³/mol. The van der Waals surface area contributed by atoms with Gasteiger partial charge in [0.1, 0.15) is 6.26 Å². The van der Waals surface area contributed by atoms with Crippen molar-refractivity contribution >= 4 is 0 Å². The number of hydrogen-bond donors (Lipinski definition) is 1. The first-order valence-electron chi connectivity index (χ1n) is 5.82. The van der Waals surface area contributed by atoms with Gasteiger partial charge in [-0.3, -0.25) is 4.90 Å².